The molecule has 0 aliphatic carbocycles. The van der Waals surface area contributed by atoms with Crippen LogP contribution in [0.3, 0.4) is 0 Å². The Hall–Kier alpha value is -3.52. The number of thiazole rings is 1. The molecule has 0 radical (unpaired) electrons. The van der Waals surface area contributed by atoms with Gasteiger partial charge in [-0.1, -0.05) is 35.5 Å². The normalized spacial score (nSPS) is 10.7. The number of carbonyl (C=O) groups is 1. The van der Waals surface area contributed by atoms with Gasteiger partial charge in [0.1, 0.15) is 5.75 Å². The molecule has 0 spiro atoms. The van der Waals surface area contributed by atoms with Gasteiger partial charge in [-0.2, -0.15) is 4.98 Å². The van der Waals surface area contributed by atoms with Gasteiger partial charge < -0.3 is 14.6 Å². The van der Waals surface area contributed by atoms with Gasteiger partial charge in [0.25, 0.3) is 0 Å². The van der Waals surface area contributed by atoms with Crippen LogP contribution in [-0.2, 0) is 11.2 Å². The zero-order valence-electron chi connectivity index (χ0n) is 16.4. The lowest BCUT2D eigenvalue weighted by molar-refractivity contribution is -0.116. The lowest BCUT2D eigenvalue weighted by Crippen LogP contribution is -2.12. The minimum absolute atomic E-state index is 0.148. The van der Waals surface area contributed by atoms with Crippen molar-refractivity contribution in [3.05, 3.63) is 65.9 Å². The van der Waals surface area contributed by atoms with Crippen molar-refractivity contribution in [2.24, 2.45) is 0 Å². The molecule has 0 saturated carbocycles. The Morgan fingerprint density at radius 1 is 1.07 bits per heavy atom. The molecular formula is C22H20N4O3S. The Bertz CT molecular complexity index is 1110. The van der Waals surface area contributed by atoms with Crippen LogP contribution < -0.4 is 10.1 Å². The first-order valence-corrected chi connectivity index (χ1v) is 10.5. The summed E-state index contributed by atoms with van der Waals surface area (Å²) in [6.45, 7) is 2.55. The highest BCUT2D eigenvalue weighted by Crippen LogP contribution is 2.25. The molecule has 0 bridgehead atoms. The number of carbonyl (C=O) groups excluding carboxylic acids is 1. The van der Waals surface area contributed by atoms with E-state index in [-0.39, 0.29) is 12.3 Å². The molecule has 0 unspecified atom stereocenters. The predicted octanol–water partition coefficient (Wildman–Crippen LogP) is 4.83. The van der Waals surface area contributed by atoms with Gasteiger partial charge >= 0.3 is 0 Å². The molecule has 2 aromatic heterocycles. The number of hydrogen-bond acceptors (Lipinski definition) is 7. The number of nitrogens with one attached hydrogen (secondary N) is 1. The molecule has 1 amide bonds. The molecule has 7 nitrogen and oxygen atoms in total. The second-order valence-electron chi connectivity index (χ2n) is 6.42. The van der Waals surface area contributed by atoms with Crippen LogP contribution in [-0.4, -0.2) is 27.6 Å². The molecule has 0 aliphatic rings. The summed E-state index contributed by atoms with van der Waals surface area (Å²) in [7, 11) is 0. The van der Waals surface area contributed by atoms with E-state index in [9.17, 15) is 4.79 Å². The third kappa shape index (κ3) is 4.90. The summed E-state index contributed by atoms with van der Waals surface area (Å²) in [5.74, 6) is 1.54. The van der Waals surface area contributed by atoms with Crippen LogP contribution in [0.5, 0.6) is 5.75 Å². The number of amides is 1. The first-order valence-electron chi connectivity index (χ1n) is 9.58. The fraction of sp³-hybridized carbons (Fsp3) is 0.182. The SMILES string of the molecule is CCOc1ccc(-c2noc(CCC(=O)Nc3nc(-c4ccccc4)cs3)n2)cc1. The predicted molar refractivity (Wildman–Crippen MR) is 115 cm³/mol. The Morgan fingerprint density at radius 2 is 1.87 bits per heavy atom. The van der Waals surface area contributed by atoms with Gasteiger partial charge in [0, 0.05) is 29.3 Å². The van der Waals surface area contributed by atoms with Gasteiger partial charge in [-0.25, -0.2) is 4.98 Å². The molecule has 0 aliphatic heterocycles. The third-order valence-electron chi connectivity index (χ3n) is 4.28. The first-order chi connectivity index (χ1) is 14.7. The van der Waals surface area contributed by atoms with E-state index in [1.54, 1.807) is 0 Å². The summed E-state index contributed by atoms with van der Waals surface area (Å²) in [5, 5.41) is 9.31. The first kappa shape index (κ1) is 19.8. The molecule has 0 fully saturated rings. The van der Waals surface area contributed by atoms with Gasteiger partial charge in [0.05, 0.1) is 12.3 Å². The van der Waals surface area contributed by atoms with Crippen LogP contribution in [0.2, 0.25) is 0 Å². The smallest absolute Gasteiger partial charge is 0.227 e. The Kier molecular flexibility index (Phi) is 6.14. The van der Waals surface area contributed by atoms with Gasteiger partial charge in [-0.15, -0.1) is 11.3 Å². The molecule has 2 aromatic carbocycles. The average molecular weight is 420 g/mol. The van der Waals surface area contributed by atoms with Crippen LogP contribution in [0.15, 0.2) is 64.5 Å². The van der Waals surface area contributed by atoms with Gasteiger partial charge in [-0.05, 0) is 31.2 Å². The van der Waals surface area contributed by atoms with Crippen LogP contribution in [0.4, 0.5) is 5.13 Å². The van der Waals surface area contributed by atoms with Gasteiger partial charge in [0.15, 0.2) is 5.13 Å². The number of anilines is 1. The summed E-state index contributed by atoms with van der Waals surface area (Å²) in [5.41, 5.74) is 2.68. The second-order valence-corrected chi connectivity index (χ2v) is 7.28. The van der Waals surface area contributed by atoms with E-state index < -0.39 is 0 Å². The molecule has 8 heteroatoms. The zero-order chi connectivity index (χ0) is 20.8. The quantitative estimate of drug-likeness (QED) is 0.439. The van der Waals surface area contributed by atoms with E-state index in [1.165, 1.54) is 11.3 Å². The highest BCUT2D eigenvalue weighted by molar-refractivity contribution is 7.14. The number of aromatic nitrogens is 3. The summed E-state index contributed by atoms with van der Waals surface area (Å²) >= 11 is 1.40. The van der Waals surface area contributed by atoms with Crippen molar-refractivity contribution >= 4 is 22.4 Å². The van der Waals surface area contributed by atoms with Crippen molar-refractivity contribution < 1.29 is 14.1 Å². The van der Waals surface area contributed by atoms with Crippen LogP contribution in [0.25, 0.3) is 22.6 Å². The molecule has 4 rings (SSSR count). The number of aryl methyl sites for hydroxylation is 1. The van der Waals surface area contributed by atoms with Crippen molar-refractivity contribution in [3.63, 3.8) is 0 Å². The fourth-order valence-corrected chi connectivity index (χ4v) is 3.55. The van der Waals surface area contributed by atoms with E-state index in [1.807, 2.05) is 66.9 Å². The van der Waals surface area contributed by atoms with E-state index in [2.05, 4.69) is 20.4 Å². The molecule has 2 heterocycles. The van der Waals surface area contributed by atoms with E-state index in [4.69, 9.17) is 9.26 Å². The number of rotatable bonds is 8. The maximum absolute atomic E-state index is 12.3. The summed E-state index contributed by atoms with van der Waals surface area (Å²) in [6, 6.07) is 17.3. The largest absolute Gasteiger partial charge is 0.494 e. The molecule has 1 N–H and O–H groups in total. The van der Waals surface area contributed by atoms with E-state index in [0.29, 0.717) is 29.9 Å². The summed E-state index contributed by atoms with van der Waals surface area (Å²) < 4.78 is 10.7. The van der Waals surface area contributed by atoms with E-state index in [0.717, 1.165) is 22.6 Å². The van der Waals surface area contributed by atoms with Crippen molar-refractivity contribution in [2.75, 3.05) is 11.9 Å². The Morgan fingerprint density at radius 3 is 2.63 bits per heavy atom. The number of nitrogens with zero attached hydrogens (tertiary/aromatic N) is 3. The summed E-state index contributed by atoms with van der Waals surface area (Å²) in [6.07, 6.45) is 0.581. The molecule has 4 aromatic rings. The van der Waals surface area contributed by atoms with Crippen LogP contribution in [0.1, 0.15) is 19.2 Å². The maximum atomic E-state index is 12.3. The lowest BCUT2D eigenvalue weighted by atomic mass is 10.2. The number of hydrogen-bond donors (Lipinski definition) is 1. The van der Waals surface area contributed by atoms with Crippen molar-refractivity contribution in [3.8, 4) is 28.4 Å². The average Bonchev–Trinajstić information content (AvgIpc) is 3.44. The van der Waals surface area contributed by atoms with Crippen molar-refractivity contribution in [1.82, 2.24) is 15.1 Å². The van der Waals surface area contributed by atoms with Gasteiger partial charge in [0.2, 0.25) is 17.6 Å². The standard InChI is InChI=1S/C22H20N4O3S/c1-2-28-17-10-8-16(9-11-17)21-25-20(29-26-21)13-12-19(27)24-22-23-18(14-30-22)15-6-4-3-5-7-15/h3-11,14H,2,12-13H2,1H3,(H,23,24,27). The molecular weight excluding hydrogens is 400 g/mol. The fourth-order valence-electron chi connectivity index (χ4n) is 2.82. The Labute approximate surface area is 177 Å². The Balaban J connectivity index is 1.31. The third-order valence-corrected chi connectivity index (χ3v) is 5.04. The topological polar surface area (TPSA) is 90.1 Å². The highest BCUT2D eigenvalue weighted by atomic mass is 32.1. The monoisotopic (exact) mass is 420 g/mol. The van der Waals surface area contributed by atoms with Crippen LogP contribution >= 0.6 is 11.3 Å². The van der Waals surface area contributed by atoms with Crippen molar-refractivity contribution in [2.45, 2.75) is 19.8 Å². The summed E-state index contributed by atoms with van der Waals surface area (Å²) in [4.78, 5) is 21.1. The highest BCUT2D eigenvalue weighted by Gasteiger charge is 2.12. The molecule has 0 saturated heterocycles. The van der Waals surface area contributed by atoms with E-state index >= 15 is 0 Å². The van der Waals surface area contributed by atoms with Crippen LogP contribution in [0, 0.1) is 0 Å². The maximum Gasteiger partial charge on any atom is 0.227 e. The molecule has 30 heavy (non-hydrogen) atoms. The lowest BCUT2D eigenvalue weighted by Gasteiger charge is -2.02. The number of benzene rings is 2. The second kappa shape index (κ2) is 9.32. The number of ether oxygens (including phenoxy) is 1. The van der Waals surface area contributed by atoms with Crippen molar-refractivity contribution in [1.29, 1.82) is 0 Å². The molecule has 152 valence electrons. The zero-order valence-corrected chi connectivity index (χ0v) is 17.2. The minimum atomic E-state index is -0.148. The minimum Gasteiger partial charge on any atom is -0.494 e. The van der Waals surface area contributed by atoms with Gasteiger partial charge in [-0.3, -0.25) is 4.79 Å². The molecule has 0 atom stereocenters.